The van der Waals surface area contributed by atoms with E-state index < -0.39 is 5.60 Å². The zero-order chi connectivity index (χ0) is 19.6. The Bertz CT molecular complexity index is 665. The molecule has 0 radical (unpaired) electrons. The molecule has 2 bridgehead atoms. The molecule has 148 valence electrons. The molecule has 1 aromatic carbocycles. The molecule has 5 heteroatoms. The average molecular weight is 373 g/mol. The smallest absolute Gasteiger partial charge is 0.410 e. The van der Waals surface area contributed by atoms with Crippen molar-refractivity contribution in [2.45, 2.75) is 70.3 Å². The summed E-state index contributed by atoms with van der Waals surface area (Å²) in [7, 11) is 1.68. The van der Waals surface area contributed by atoms with Gasteiger partial charge in [-0.25, -0.2) is 4.79 Å². The largest absolute Gasteiger partial charge is 0.497 e. The molecule has 2 saturated heterocycles. The summed E-state index contributed by atoms with van der Waals surface area (Å²) < 4.78 is 11.0. The van der Waals surface area contributed by atoms with Crippen LogP contribution in [-0.4, -0.2) is 53.3 Å². The van der Waals surface area contributed by atoms with Crippen LogP contribution >= 0.6 is 0 Å². The van der Waals surface area contributed by atoms with Crippen molar-refractivity contribution in [2.75, 3.05) is 13.7 Å². The fraction of sp³-hybridized carbons (Fsp3) is 0.591. The monoisotopic (exact) mass is 372 g/mol. The SMILES string of the molecule is C=CC[C@@H]1[C@@H]2CC[C@H](CN1Cc1ccc(OC)cc1)N2C(=O)OC(C)(C)C. The van der Waals surface area contributed by atoms with Crippen LogP contribution in [0.3, 0.4) is 0 Å². The van der Waals surface area contributed by atoms with Crippen molar-refractivity contribution in [3.8, 4) is 5.75 Å². The van der Waals surface area contributed by atoms with E-state index in [9.17, 15) is 4.79 Å². The maximum Gasteiger partial charge on any atom is 0.410 e. The van der Waals surface area contributed by atoms with Gasteiger partial charge in [0.25, 0.3) is 0 Å². The molecule has 3 rings (SSSR count). The van der Waals surface area contributed by atoms with E-state index in [0.29, 0.717) is 0 Å². The highest BCUT2D eigenvalue weighted by molar-refractivity contribution is 5.70. The lowest BCUT2D eigenvalue weighted by molar-refractivity contribution is -0.0237. The number of methoxy groups -OCH3 is 1. The lowest BCUT2D eigenvalue weighted by Gasteiger charge is -2.47. The van der Waals surface area contributed by atoms with Crippen LogP contribution in [0.5, 0.6) is 5.75 Å². The Morgan fingerprint density at radius 1 is 1.26 bits per heavy atom. The molecule has 1 aromatic rings. The Balaban J connectivity index is 1.76. The van der Waals surface area contributed by atoms with Crippen molar-refractivity contribution in [1.82, 2.24) is 9.80 Å². The van der Waals surface area contributed by atoms with E-state index in [1.807, 2.05) is 43.9 Å². The van der Waals surface area contributed by atoms with Crippen molar-refractivity contribution >= 4 is 6.09 Å². The molecule has 0 N–H and O–H groups in total. The second-order valence-corrected chi connectivity index (χ2v) is 8.56. The Kier molecular flexibility index (Phi) is 5.80. The van der Waals surface area contributed by atoms with Gasteiger partial charge in [0.05, 0.1) is 13.2 Å². The van der Waals surface area contributed by atoms with Crippen LogP contribution in [0.2, 0.25) is 0 Å². The van der Waals surface area contributed by atoms with Gasteiger partial charge in [-0.2, -0.15) is 0 Å². The van der Waals surface area contributed by atoms with E-state index in [1.54, 1.807) is 7.11 Å². The molecule has 0 aliphatic carbocycles. The summed E-state index contributed by atoms with van der Waals surface area (Å²) in [6.07, 6.45) is 4.73. The minimum absolute atomic E-state index is 0.173. The Hall–Kier alpha value is -2.01. The van der Waals surface area contributed by atoms with Crippen molar-refractivity contribution < 1.29 is 14.3 Å². The molecule has 1 amide bonds. The molecule has 2 heterocycles. The highest BCUT2D eigenvalue weighted by Gasteiger charge is 2.48. The number of fused-ring (bicyclic) bond motifs is 2. The number of ether oxygens (including phenoxy) is 2. The van der Waals surface area contributed by atoms with Crippen molar-refractivity contribution in [1.29, 1.82) is 0 Å². The first kappa shape index (κ1) is 19.7. The summed E-state index contributed by atoms with van der Waals surface area (Å²) in [5.74, 6) is 0.871. The predicted octanol–water partition coefficient (Wildman–Crippen LogP) is 4.22. The van der Waals surface area contributed by atoms with Gasteiger partial charge >= 0.3 is 6.09 Å². The lowest BCUT2D eigenvalue weighted by Crippen LogP contribution is -2.61. The van der Waals surface area contributed by atoms with Crippen LogP contribution in [0, 0.1) is 0 Å². The van der Waals surface area contributed by atoms with Gasteiger partial charge in [0, 0.05) is 25.2 Å². The van der Waals surface area contributed by atoms with E-state index in [-0.39, 0.29) is 24.2 Å². The molecule has 2 aliphatic heterocycles. The van der Waals surface area contributed by atoms with E-state index in [2.05, 4.69) is 23.6 Å². The summed E-state index contributed by atoms with van der Waals surface area (Å²) in [4.78, 5) is 17.3. The topological polar surface area (TPSA) is 42.0 Å². The van der Waals surface area contributed by atoms with Gasteiger partial charge in [-0.05, 0) is 57.7 Å². The lowest BCUT2D eigenvalue weighted by atomic mass is 9.98. The molecular weight excluding hydrogens is 340 g/mol. The van der Waals surface area contributed by atoms with Crippen LogP contribution < -0.4 is 4.74 Å². The number of nitrogens with zero attached hydrogens (tertiary/aromatic N) is 2. The molecular formula is C22H32N2O3. The van der Waals surface area contributed by atoms with Crippen molar-refractivity contribution in [3.63, 3.8) is 0 Å². The Labute approximate surface area is 162 Å². The quantitative estimate of drug-likeness (QED) is 0.726. The summed E-state index contributed by atoms with van der Waals surface area (Å²) >= 11 is 0. The van der Waals surface area contributed by atoms with Crippen LogP contribution in [0.25, 0.3) is 0 Å². The molecule has 5 nitrogen and oxygen atoms in total. The number of carbonyl (C=O) groups excluding carboxylic acids is 1. The van der Waals surface area contributed by atoms with E-state index >= 15 is 0 Å². The van der Waals surface area contributed by atoms with Crippen LogP contribution in [0.4, 0.5) is 4.79 Å². The zero-order valence-electron chi connectivity index (χ0n) is 17.0. The first-order valence-corrected chi connectivity index (χ1v) is 9.81. The summed E-state index contributed by atoms with van der Waals surface area (Å²) in [6, 6.07) is 8.93. The second-order valence-electron chi connectivity index (χ2n) is 8.56. The van der Waals surface area contributed by atoms with E-state index in [4.69, 9.17) is 9.47 Å². The van der Waals surface area contributed by atoms with E-state index in [0.717, 1.165) is 38.1 Å². The number of hydrogen-bond acceptors (Lipinski definition) is 4. The zero-order valence-corrected chi connectivity index (χ0v) is 17.0. The molecule has 3 atom stereocenters. The standard InChI is InChI=1S/C22H32N2O3/c1-6-7-19-20-13-10-17(24(20)21(25)27-22(2,3)4)15-23(19)14-16-8-11-18(26-5)12-9-16/h6,8-9,11-12,17,19-20H,1,7,10,13-15H2,2-5H3/t17-,19-,20+/m1/s1. The molecule has 0 aromatic heterocycles. The fourth-order valence-corrected chi connectivity index (χ4v) is 4.34. The molecule has 0 saturated carbocycles. The first-order valence-electron chi connectivity index (χ1n) is 9.81. The molecule has 0 spiro atoms. The summed E-state index contributed by atoms with van der Waals surface area (Å²) in [5, 5.41) is 0. The van der Waals surface area contributed by atoms with Gasteiger partial charge in [0.1, 0.15) is 11.4 Å². The number of carbonyl (C=O) groups is 1. The third-order valence-electron chi connectivity index (χ3n) is 5.46. The molecule has 0 unspecified atom stereocenters. The van der Waals surface area contributed by atoms with E-state index in [1.165, 1.54) is 5.56 Å². The average Bonchev–Trinajstić information content (AvgIpc) is 2.94. The maximum absolute atomic E-state index is 12.8. The molecule has 27 heavy (non-hydrogen) atoms. The number of rotatable bonds is 5. The Morgan fingerprint density at radius 3 is 2.56 bits per heavy atom. The molecule has 2 fully saturated rings. The van der Waals surface area contributed by atoms with Crippen LogP contribution in [0.15, 0.2) is 36.9 Å². The van der Waals surface area contributed by atoms with Gasteiger partial charge in [-0.15, -0.1) is 6.58 Å². The minimum atomic E-state index is -0.468. The van der Waals surface area contributed by atoms with Gasteiger partial charge < -0.3 is 9.47 Å². The number of piperazine rings is 1. The number of amides is 1. The normalized spacial score (nSPS) is 25.3. The van der Waals surface area contributed by atoms with Gasteiger partial charge in [0.2, 0.25) is 0 Å². The summed E-state index contributed by atoms with van der Waals surface area (Å²) in [6.45, 7) is 11.5. The van der Waals surface area contributed by atoms with Crippen molar-refractivity contribution in [3.05, 3.63) is 42.5 Å². The maximum atomic E-state index is 12.8. The number of hydrogen-bond donors (Lipinski definition) is 0. The van der Waals surface area contributed by atoms with Crippen LogP contribution in [-0.2, 0) is 11.3 Å². The van der Waals surface area contributed by atoms with Gasteiger partial charge in [0.15, 0.2) is 0 Å². The highest BCUT2D eigenvalue weighted by Crippen LogP contribution is 2.37. The number of likely N-dealkylation sites (tertiary alicyclic amines) is 1. The summed E-state index contributed by atoms with van der Waals surface area (Å²) in [5.41, 5.74) is 0.792. The van der Waals surface area contributed by atoms with Crippen molar-refractivity contribution in [2.24, 2.45) is 0 Å². The van der Waals surface area contributed by atoms with Crippen LogP contribution in [0.1, 0.15) is 45.6 Å². The Morgan fingerprint density at radius 2 is 1.96 bits per heavy atom. The minimum Gasteiger partial charge on any atom is -0.497 e. The highest BCUT2D eigenvalue weighted by atomic mass is 16.6. The third-order valence-corrected chi connectivity index (χ3v) is 5.46. The molecule has 2 aliphatic rings. The van der Waals surface area contributed by atoms with Gasteiger partial charge in [-0.3, -0.25) is 9.80 Å². The number of benzene rings is 1. The predicted molar refractivity (Wildman–Crippen MR) is 107 cm³/mol. The second kappa shape index (κ2) is 7.93. The third kappa shape index (κ3) is 4.46. The first-order chi connectivity index (χ1) is 12.8. The van der Waals surface area contributed by atoms with Gasteiger partial charge in [-0.1, -0.05) is 18.2 Å². The fourth-order valence-electron chi connectivity index (χ4n) is 4.34.